The molecule has 0 saturated carbocycles. The number of rotatable bonds is 4. The Bertz CT molecular complexity index is 962. The molecule has 8 heteroatoms. The molecule has 0 spiro atoms. The summed E-state index contributed by atoms with van der Waals surface area (Å²) >= 11 is 1.55. The summed E-state index contributed by atoms with van der Waals surface area (Å²) in [6.07, 6.45) is 0. The number of amides is 1. The highest BCUT2D eigenvalue weighted by Gasteiger charge is 2.22. The Balaban J connectivity index is 1.99. The van der Waals surface area contributed by atoms with Crippen LogP contribution in [0.4, 0.5) is 18.9 Å². The summed E-state index contributed by atoms with van der Waals surface area (Å²) < 4.78 is 41.1. The molecular weight excluding hydrogens is 351 g/mol. The number of benzene rings is 1. The number of carbonyl (C=O) groups is 1. The highest BCUT2D eigenvalue weighted by Crippen LogP contribution is 2.32. The van der Waals surface area contributed by atoms with E-state index in [9.17, 15) is 18.0 Å². The quantitative estimate of drug-likeness (QED) is 0.677. The number of nitrogens with zero attached hydrogens (tertiary/aromatic N) is 1. The third kappa shape index (κ3) is 3.27. The van der Waals surface area contributed by atoms with Crippen LogP contribution < -0.4 is 5.32 Å². The molecule has 3 rings (SSSR count). The van der Waals surface area contributed by atoms with E-state index >= 15 is 0 Å². The van der Waals surface area contributed by atoms with Crippen molar-refractivity contribution in [3.8, 4) is 0 Å². The average molecular weight is 367 g/mol. The molecule has 0 unspecified atom stereocenters. The lowest BCUT2D eigenvalue weighted by Gasteiger charge is -2.11. The molecular formula is C17H16F3N3OS. The lowest BCUT2D eigenvalue weighted by Crippen LogP contribution is -2.19. The van der Waals surface area contributed by atoms with E-state index in [0.29, 0.717) is 6.54 Å². The highest BCUT2D eigenvalue weighted by molar-refractivity contribution is 7.19. The molecule has 0 saturated heterocycles. The van der Waals surface area contributed by atoms with Gasteiger partial charge in [0, 0.05) is 17.0 Å². The van der Waals surface area contributed by atoms with Gasteiger partial charge in [0.25, 0.3) is 5.91 Å². The van der Waals surface area contributed by atoms with Gasteiger partial charge in [-0.25, -0.2) is 13.2 Å². The Labute approximate surface area is 146 Å². The second kappa shape index (κ2) is 6.53. The number of halogens is 3. The van der Waals surface area contributed by atoms with Crippen LogP contribution in [0.1, 0.15) is 20.9 Å². The van der Waals surface area contributed by atoms with Crippen molar-refractivity contribution >= 4 is 33.1 Å². The number of hydrogen-bond acceptors (Lipinski definition) is 3. The molecule has 132 valence electrons. The van der Waals surface area contributed by atoms with Crippen molar-refractivity contribution in [2.24, 2.45) is 0 Å². The first-order valence-corrected chi connectivity index (χ1v) is 8.30. The van der Waals surface area contributed by atoms with Gasteiger partial charge in [0.1, 0.15) is 5.69 Å². The predicted octanol–water partition coefficient (Wildman–Crippen LogP) is 4.27. The molecule has 2 aromatic heterocycles. The van der Waals surface area contributed by atoms with Gasteiger partial charge >= 0.3 is 0 Å². The first-order chi connectivity index (χ1) is 11.8. The van der Waals surface area contributed by atoms with Gasteiger partial charge in [-0.3, -0.25) is 4.79 Å². The first-order valence-electron chi connectivity index (χ1n) is 7.48. The van der Waals surface area contributed by atoms with Gasteiger partial charge in [0.15, 0.2) is 17.5 Å². The number of fused-ring (bicyclic) bond motifs is 1. The highest BCUT2D eigenvalue weighted by atomic mass is 32.1. The largest absolute Gasteiger partial charge is 0.350 e. The van der Waals surface area contributed by atoms with Crippen LogP contribution in [0.5, 0.6) is 0 Å². The van der Waals surface area contributed by atoms with Crippen molar-refractivity contribution in [2.45, 2.75) is 13.5 Å². The van der Waals surface area contributed by atoms with Crippen LogP contribution in [-0.4, -0.2) is 29.9 Å². The van der Waals surface area contributed by atoms with E-state index in [1.807, 2.05) is 32.0 Å². The Morgan fingerprint density at radius 3 is 2.64 bits per heavy atom. The van der Waals surface area contributed by atoms with Crippen LogP contribution >= 0.6 is 11.3 Å². The standard InChI is InChI=1S/C17H16F3N3OS/c1-8-6-12-16(25-8)9(7-23(2)3)15(21-12)17(24)22-11-5-4-10(18)13(19)14(11)20/h4-6,21H,7H2,1-3H3,(H,22,24). The van der Waals surface area contributed by atoms with E-state index in [2.05, 4.69) is 10.3 Å². The smallest absolute Gasteiger partial charge is 0.272 e. The Kier molecular flexibility index (Phi) is 4.57. The summed E-state index contributed by atoms with van der Waals surface area (Å²) in [6, 6.07) is 3.69. The minimum atomic E-state index is -1.62. The fourth-order valence-corrected chi connectivity index (χ4v) is 3.63. The van der Waals surface area contributed by atoms with E-state index < -0.39 is 29.0 Å². The molecule has 2 N–H and O–H groups in total. The summed E-state index contributed by atoms with van der Waals surface area (Å²) in [7, 11) is 3.74. The van der Waals surface area contributed by atoms with Crippen molar-refractivity contribution < 1.29 is 18.0 Å². The van der Waals surface area contributed by atoms with Gasteiger partial charge in [-0.15, -0.1) is 11.3 Å². The number of aromatic nitrogens is 1. The second-order valence-corrected chi connectivity index (χ2v) is 7.25. The molecule has 1 aromatic carbocycles. The number of anilines is 1. The van der Waals surface area contributed by atoms with Crippen molar-refractivity contribution in [2.75, 3.05) is 19.4 Å². The average Bonchev–Trinajstić information content (AvgIpc) is 3.05. The zero-order valence-electron chi connectivity index (χ0n) is 13.8. The van der Waals surface area contributed by atoms with Crippen molar-refractivity contribution in [3.63, 3.8) is 0 Å². The molecule has 0 bridgehead atoms. The fourth-order valence-electron chi connectivity index (χ4n) is 2.62. The molecule has 4 nitrogen and oxygen atoms in total. The zero-order chi connectivity index (χ0) is 18.3. The van der Waals surface area contributed by atoms with Crippen molar-refractivity contribution in [1.29, 1.82) is 0 Å². The summed E-state index contributed by atoms with van der Waals surface area (Å²) in [5, 5.41) is 2.31. The summed E-state index contributed by atoms with van der Waals surface area (Å²) in [5.41, 5.74) is 1.46. The topological polar surface area (TPSA) is 48.1 Å². The van der Waals surface area contributed by atoms with E-state index in [1.54, 1.807) is 11.3 Å². The number of thiophene rings is 1. The van der Waals surface area contributed by atoms with E-state index in [1.165, 1.54) is 0 Å². The van der Waals surface area contributed by atoms with Gasteiger partial charge in [0.05, 0.1) is 15.9 Å². The Morgan fingerprint density at radius 2 is 1.96 bits per heavy atom. The van der Waals surface area contributed by atoms with Gasteiger partial charge in [0.2, 0.25) is 0 Å². The van der Waals surface area contributed by atoms with Gasteiger partial charge < -0.3 is 15.2 Å². The molecule has 0 aliphatic heterocycles. The molecule has 0 fully saturated rings. The maximum Gasteiger partial charge on any atom is 0.272 e. The maximum absolute atomic E-state index is 13.8. The number of hydrogen-bond donors (Lipinski definition) is 2. The van der Waals surface area contributed by atoms with E-state index in [4.69, 9.17) is 0 Å². The van der Waals surface area contributed by atoms with Crippen LogP contribution in [0.2, 0.25) is 0 Å². The second-order valence-electron chi connectivity index (χ2n) is 5.99. The van der Waals surface area contributed by atoms with Crippen LogP contribution in [-0.2, 0) is 6.54 Å². The van der Waals surface area contributed by atoms with Gasteiger partial charge in [-0.1, -0.05) is 0 Å². The molecule has 2 heterocycles. The minimum absolute atomic E-state index is 0.277. The summed E-state index contributed by atoms with van der Waals surface area (Å²) in [6.45, 7) is 2.47. The van der Waals surface area contributed by atoms with Crippen LogP contribution in [0.15, 0.2) is 18.2 Å². The maximum atomic E-state index is 13.8. The monoisotopic (exact) mass is 367 g/mol. The number of carbonyl (C=O) groups excluding carboxylic acids is 1. The van der Waals surface area contributed by atoms with Crippen molar-refractivity contribution in [3.05, 3.63) is 51.8 Å². The normalized spacial score (nSPS) is 11.5. The van der Waals surface area contributed by atoms with Crippen LogP contribution in [0.3, 0.4) is 0 Å². The predicted molar refractivity (Wildman–Crippen MR) is 92.6 cm³/mol. The van der Waals surface area contributed by atoms with Crippen LogP contribution in [0, 0.1) is 24.4 Å². The molecule has 25 heavy (non-hydrogen) atoms. The molecule has 0 atom stereocenters. The number of aromatic amines is 1. The number of nitrogens with one attached hydrogen (secondary N) is 2. The fraction of sp³-hybridized carbons (Fsp3) is 0.235. The van der Waals surface area contributed by atoms with E-state index in [-0.39, 0.29) is 5.69 Å². The summed E-state index contributed by atoms with van der Waals surface area (Å²) in [4.78, 5) is 18.6. The number of aryl methyl sites for hydroxylation is 1. The third-order valence-corrected chi connectivity index (χ3v) is 4.79. The first kappa shape index (κ1) is 17.5. The molecule has 0 radical (unpaired) electrons. The van der Waals surface area contributed by atoms with E-state index in [0.717, 1.165) is 32.8 Å². The molecule has 0 aliphatic carbocycles. The van der Waals surface area contributed by atoms with Crippen molar-refractivity contribution in [1.82, 2.24) is 9.88 Å². The number of H-pyrrole nitrogens is 1. The van der Waals surface area contributed by atoms with Gasteiger partial charge in [-0.05, 0) is 39.2 Å². The van der Waals surface area contributed by atoms with Gasteiger partial charge in [-0.2, -0.15) is 0 Å². The molecule has 3 aromatic rings. The Morgan fingerprint density at radius 1 is 1.24 bits per heavy atom. The molecule has 0 aliphatic rings. The molecule has 1 amide bonds. The Hall–Kier alpha value is -2.32. The third-order valence-electron chi connectivity index (χ3n) is 3.68. The zero-order valence-corrected chi connectivity index (χ0v) is 14.7. The summed E-state index contributed by atoms with van der Waals surface area (Å²) in [5.74, 6) is -4.95. The lowest BCUT2D eigenvalue weighted by molar-refractivity contribution is 0.102. The SMILES string of the molecule is Cc1cc2[nH]c(C(=O)Nc3ccc(F)c(F)c3F)c(CN(C)C)c2s1. The van der Waals surface area contributed by atoms with Crippen LogP contribution in [0.25, 0.3) is 10.2 Å². The minimum Gasteiger partial charge on any atom is -0.350 e. The lowest BCUT2D eigenvalue weighted by atomic mass is 10.2.